The van der Waals surface area contributed by atoms with Crippen molar-refractivity contribution in [1.29, 1.82) is 0 Å². The molecule has 0 atom stereocenters. The van der Waals surface area contributed by atoms with Crippen LogP contribution >= 0.6 is 0 Å². The highest BCUT2D eigenvalue weighted by atomic mass is 16.5. The van der Waals surface area contributed by atoms with Crippen LogP contribution in [0.5, 0.6) is 69.0 Å². The number of fused-ring (bicyclic) bond motifs is 12. The van der Waals surface area contributed by atoms with Gasteiger partial charge >= 0.3 is 0 Å². The Morgan fingerprint density at radius 1 is 0.233 bits per heavy atom. The predicted octanol–water partition coefficient (Wildman–Crippen LogP) is 17.2. The van der Waals surface area contributed by atoms with Gasteiger partial charge in [0.1, 0.15) is 23.0 Å². The Labute approximate surface area is 519 Å². The van der Waals surface area contributed by atoms with Crippen molar-refractivity contribution in [3.05, 3.63) is 291 Å². The van der Waals surface area contributed by atoms with E-state index in [9.17, 15) is 0 Å². The molecule has 10 nitrogen and oxygen atoms in total. The monoisotopic (exact) mass is 1160 g/mol. The number of anilines is 12. The molecule has 0 bridgehead atoms. The highest BCUT2D eigenvalue weighted by Gasteiger charge is 2.51. The van der Waals surface area contributed by atoms with Crippen LogP contribution in [-0.4, -0.2) is 13.4 Å². The van der Waals surface area contributed by atoms with E-state index >= 15 is 0 Å². The lowest BCUT2D eigenvalue weighted by Gasteiger charge is -2.48. The molecule has 0 fully saturated rings. The van der Waals surface area contributed by atoms with Gasteiger partial charge in [-0.2, -0.15) is 0 Å². The number of para-hydroxylation sites is 14. The third-order valence-electron chi connectivity index (χ3n) is 17.9. The van der Waals surface area contributed by atoms with Crippen molar-refractivity contribution < 1.29 is 28.4 Å². The van der Waals surface area contributed by atoms with Crippen LogP contribution in [-0.2, 0) is 0 Å². The van der Waals surface area contributed by atoms with Gasteiger partial charge in [-0.15, -0.1) is 0 Å². The van der Waals surface area contributed by atoms with Gasteiger partial charge in [0.05, 0.1) is 22.7 Å². The van der Waals surface area contributed by atoms with Gasteiger partial charge in [0, 0.05) is 69.8 Å². The Hall–Kier alpha value is -12.0. The van der Waals surface area contributed by atoms with Crippen molar-refractivity contribution in [2.45, 2.75) is 0 Å². The zero-order valence-electron chi connectivity index (χ0n) is 48.1. The fourth-order valence-electron chi connectivity index (χ4n) is 14.4. The minimum atomic E-state index is -0.280. The Bertz CT molecular complexity index is 4780. The molecule has 13 aromatic carbocycles. The predicted molar refractivity (Wildman–Crippen MR) is 361 cm³/mol. The molecule has 0 unspecified atom stereocenters. The van der Waals surface area contributed by atoms with Crippen LogP contribution in [0, 0.1) is 0 Å². The number of hydrogen-bond donors (Lipinski definition) is 0. The van der Waals surface area contributed by atoms with Crippen LogP contribution in [0.3, 0.4) is 0 Å². The second-order valence-corrected chi connectivity index (χ2v) is 23.1. The Kier molecular flexibility index (Phi) is 11.0. The summed E-state index contributed by atoms with van der Waals surface area (Å²) in [4.78, 5) is 9.66. The molecule has 0 saturated carbocycles. The van der Waals surface area contributed by atoms with E-state index in [0.717, 1.165) is 124 Å². The molecule has 0 amide bonds. The summed E-state index contributed by atoms with van der Waals surface area (Å²) >= 11 is 0. The average Bonchev–Trinajstić information content (AvgIpc) is 0.694. The molecule has 422 valence electrons. The Morgan fingerprint density at radius 2 is 0.567 bits per heavy atom. The summed E-state index contributed by atoms with van der Waals surface area (Å²) < 4.78 is 41.5. The van der Waals surface area contributed by atoms with Crippen LogP contribution in [0.4, 0.5) is 68.2 Å². The molecule has 19 rings (SSSR count). The molecule has 6 heterocycles. The van der Waals surface area contributed by atoms with Crippen LogP contribution in [0.2, 0.25) is 0 Å². The quantitative estimate of drug-likeness (QED) is 0.124. The number of hydrogen-bond acceptors (Lipinski definition) is 10. The van der Waals surface area contributed by atoms with Crippen molar-refractivity contribution in [3.8, 4) is 69.0 Å². The molecule has 6 aliphatic rings. The molecule has 0 spiro atoms. The fourth-order valence-corrected chi connectivity index (χ4v) is 14.4. The van der Waals surface area contributed by atoms with E-state index in [1.165, 1.54) is 0 Å². The lowest BCUT2D eigenvalue weighted by Crippen LogP contribution is -2.65. The van der Waals surface area contributed by atoms with Crippen LogP contribution in [0.1, 0.15) is 0 Å². The Morgan fingerprint density at radius 3 is 0.978 bits per heavy atom. The van der Waals surface area contributed by atoms with Crippen molar-refractivity contribution in [2.24, 2.45) is 0 Å². The van der Waals surface area contributed by atoms with Crippen molar-refractivity contribution >= 4 is 114 Å². The van der Waals surface area contributed by atoms with Gasteiger partial charge in [-0.25, -0.2) is 0 Å². The first kappa shape index (κ1) is 50.2. The average molecular weight is 1160 g/mol. The SMILES string of the molecule is c1ccc(Oc2ccccc2Oc2cc3c4c(c2)N2c5ccccc5Oc5cccc(c52)B4c2cc4c(cc2N3c2ccccc2)N(c2ccccc2)c2cc(Oc3ccccc3Oc3ccccc3)cc3c2B4c2cccc4c2N3c2ccccc2O4)cc1. The molecule has 12 heteroatoms. The van der Waals surface area contributed by atoms with Gasteiger partial charge in [0.2, 0.25) is 0 Å². The first-order valence-electron chi connectivity index (χ1n) is 30.3. The Balaban J connectivity index is 0.879. The molecule has 90 heavy (non-hydrogen) atoms. The molecule has 0 N–H and O–H groups in total. The van der Waals surface area contributed by atoms with Gasteiger partial charge < -0.3 is 48.0 Å². The maximum Gasteiger partial charge on any atom is 0.252 e. The van der Waals surface area contributed by atoms with Crippen LogP contribution in [0.25, 0.3) is 0 Å². The largest absolute Gasteiger partial charge is 0.453 e. The smallest absolute Gasteiger partial charge is 0.252 e. The van der Waals surface area contributed by atoms with Gasteiger partial charge in [-0.05, 0) is 148 Å². The third-order valence-corrected chi connectivity index (χ3v) is 17.9. The van der Waals surface area contributed by atoms with Gasteiger partial charge in [-0.3, -0.25) is 0 Å². The van der Waals surface area contributed by atoms with E-state index in [-0.39, 0.29) is 13.4 Å². The van der Waals surface area contributed by atoms with E-state index in [0.29, 0.717) is 46.0 Å². The van der Waals surface area contributed by atoms with E-state index < -0.39 is 0 Å². The van der Waals surface area contributed by atoms with E-state index in [4.69, 9.17) is 28.4 Å². The van der Waals surface area contributed by atoms with Gasteiger partial charge in [0.15, 0.2) is 46.0 Å². The third kappa shape index (κ3) is 7.67. The van der Waals surface area contributed by atoms with E-state index in [2.05, 4.69) is 189 Å². The second-order valence-electron chi connectivity index (χ2n) is 23.1. The normalized spacial score (nSPS) is 13.4. The first-order valence-corrected chi connectivity index (χ1v) is 30.3. The number of ether oxygens (including phenoxy) is 6. The number of rotatable bonds is 10. The molecule has 13 aromatic rings. The molecule has 6 aliphatic heterocycles. The molecule has 0 radical (unpaired) electrons. The summed E-state index contributed by atoms with van der Waals surface area (Å²) in [5, 5.41) is 0. The maximum atomic E-state index is 7.22. The second kappa shape index (κ2) is 19.8. The van der Waals surface area contributed by atoms with Crippen molar-refractivity contribution in [1.82, 2.24) is 0 Å². The topological polar surface area (TPSA) is 68.3 Å². The lowest BCUT2D eigenvalue weighted by molar-refractivity contribution is 0.419. The molecule has 0 aliphatic carbocycles. The first-order chi connectivity index (χ1) is 44.6. The highest BCUT2D eigenvalue weighted by molar-refractivity contribution is 7.03. The van der Waals surface area contributed by atoms with Crippen molar-refractivity contribution in [3.63, 3.8) is 0 Å². The molecular formula is C78H48B2N4O6. The minimum absolute atomic E-state index is 0.280. The van der Waals surface area contributed by atoms with Crippen molar-refractivity contribution in [2.75, 3.05) is 19.6 Å². The van der Waals surface area contributed by atoms with Gasteiger partial charge in [0.25, 0.3) is 13.4 Å². The van der Waals surface area contributed by atoms with E-state index in [1.807, 2.05) is 121 Å². The highest BCUT2D eigenvalue weighted by Crippen LogP contribution is 2.57. The number of nitrogens with zero attached hydrogens (tertiary/aromatic N) is 4. The maximum absolute atomic E-state index is 7.22. The fraction of sp³-hybridized carbons (Fsp3) is 0. The molecule has 0 saturated heterocycles. The zero-order chi connectivity index (χ0) is 59.0. The minimum Gasteiger partial charge on any atom is -0.453 e. The van der Waals surface area contributed by atoms with Crippen LogP contribution in [0.15, 0.2) is 291 Å². The van der Waals surface area contributed by atoms with Gasteiger partial charge in [-0.1, -0.05) is 152 Å². The molecule has 0 aromatic heterocycles. The summed E-state index contributed by atoms with van der Waals surface area (Å²) in [6, 6.07) is 100. The van der Waals surface area contributed by atoms with Crippen LogP contribution < -0.4 is 80.8 Å². The summed E-state index contributed by atoms with van der Waals surface area (Å²) in [6.07, 6.45) is 0. The van der Waals surface area contributed by atoms with E-state index in [1.54, 1.807) is 0 Å². The lowest BCUT2D eigenvalue weighted by atomic mass is 9.30. The summed E-state index contributed by atoms with van der Waals surface area (Å²) in [6.45, 7) is -0.559. The zero-order valence-corrected chi connectivity index (χ0v) is 48.1. The summed E-state index contributed by atoms with van der Waals surface area (Å²) in [7, 11) is 0. The standard InChI is InChI=1S/C78H48B2N4O6/c1-5-23-49(24-6-1)81-61-48-62-58(47-57(61)79-55-31-21-41-73-77(55)83(59-33-13-15-35-67(59)89-73)65-45-53(43-63(81)75(65)79)87-71-39-19-17-37-69(71)85-51-27-9-3-10-28-51)80-56-32-22-42-74-78(56)84(60-34-14-16-36-68(60)90-74)66-46-54(44-64(76(66)80)82(62)50-25-7-2-8-26-50)88-72-40-20-18-38-70(72)86-52-29-11-4-12-30-52/h1-48H. The summed E-state index contributed by atoms with van der Waals surface area (Å²) in [5.74, 6) is 8.14. The summed E-state index contributed by atoms with van der Waals surface area (Å²) in [5.41, 5.74) is 18.6. The number of benzene rings is 13. The molecular weight excluding hydrogens is 1110 g/mol.